The van der Waals surface area contributed by atoms with E-state index in [2.05, 4.69) is 30.5 Å². The minimum Gasteiger partial charge on any atom is -0.309 e. The van der Waals surface area contributed by atoms with Crippen molar-refractivity contribution in [1.82, 2.24) is 15.1 Å². The molecule has 2 fully saturated rings. The highest BCUT2D eigenvalue weighted by atomic mass is 19.3. The Labute approximate surface area is 112 Å². The Bertz CT molecular complexity index is 457. The van der Waals surface area contributed by atoms with Crippen LogP contribution >= 0.6 is 0 Å². The van der Waals surface area contributed by atoms with Crippen LogP contribution in [0.5, 0.6) is 0 Å². The number of rotatable bonds is 2. The topological polar surface area (TPSA) is 29.9 Å². The molecule has 1 spiro atoms. The lowest BCUT2D eigenvalue weighted by atomic mass is 9.62. The van der Waals surface area contributed by atoms with Crippen LogP contribution in [0.3, 0.4) is 0 Å². The smallest absolute Gasteiger partial charge is 0.248 e. The first kappa shape index (κ1) is 13.0. The molecule has 0 bridgehead atoms. The molecule has 1 aromatic rings. The molecule has 1 aliphatic carbocycles. The van der Waals surface area contributed by atoms with Gasteiger partial charge in [0.05, 0.1) is 6.20 Å². The monoisotopic (exact) mass is 269 g/mol. The SMILES string of the molecule is CC(C)n1cc([C@H]2NCC23CCC(F)(F)CC3)cn1. The van der Waals surface area contributed by atoms with Crippen molar-refractivity contribution in [2.75, 3.05) is 6.54 Å². The van der Waals surface area contributed by atoms with Crippen LogP contribution < -0.4 is 5.32 Å². The second-order valence-electron chi connectivity index (χ2n) is 6.38. The Morgan fingerprint density at radius 3 is 2.47 bits per heavy atom. The number of alkyl halides is 2. The molecule has 0 amide bonds. The van der Waals surface area contributed by atoms with E-state index in [1.54, 1.807) is 0 Å². The van der Waals surface area contributed by atoms with E-state index in [1.807, 2.05) is 10.9 Å². The second kappa shape index (κ2) is 4.27. The van der Waals surface area contributed by atoms with Crippen molar-refractivity contribution in [2.45, 2.75) is 57.5 Å². The first-order valence-corrected chi connectivity index (χ1v) is 7.07. The lowest BCUT2D eigenvalue weighted by molar-refractivity contribution is -0.0955. The third kappa shape index (κ3) is 2.18. The molecule has 1 saturated heterocycles. The van der Waals surface area contributed by atoms with Crippen LogP contribution in [0.4, 0.5) is 8.78 Å². The second-order valence-corrected chi connectivity index (χ2v) is 6.38. The largest absolute Gasteiger partial charge is 0.309 e. The van der Waals surface area contributed by atoms with Crippen molar-refractivity contribution < 1.29 is 8.78 Å². The number of nitrogens with zero attached hydrogens (tertiary/aromatic N) is 2. The zero-order valence-electron chi connectivity index (χ0n) is 11.5. The van der Waals surface area contributed by atoms with Gasteiger partial charge < -0.3 is 5.32 Å². The molecule has 3 rings (SSSR count). The Morgan fingerprint density at radius 1 is 1.32 bits per heavy atom. The normalized spacial score (nSPS) is 28.6. The van der Waals surface area contributed by atoms with E-state index in [0.29, 0.717) is 18.9 Å². The van der Waals surface area contributed by atoms with Gasteiger partial charge in [0.1, 0.15) is 0 Å². The van der Waals surface area contributed by atoms with E-state index >= 15 is 0 Å². The summed E-state index contributed by atoms with van der Waals surface area (Å²) >= 11 is 0. The Kier molecular flexibility index (Phi) is 2.93. The van der Waals surface area contributed by atoms with Gasteiger partial charge in [-0.25, -0.2) is 8.78 Å². The maximum atomic E-state index is 13.3. The molecular formula is C14H21F2N3. The van der Waals surface area contributed by atoms with E-state index in [0.717, 1.165) is 12.1 Å². The maximum absolute atomic E-state index is 13.3. The number of nitrogens with one attached hydrogen (secondary N) is 1. The summed E-state index contributed by atoms with van der Waals surface area (Å²) in [4.78, 5) is 0. The van der Waals surface area contributed by atoms with Gasteiger partial charge in [-0.1, -0.05) is 0 Å². The molecule has 5 heteroatoms. The average Bonchev–Trinajstić information content (AvgIpc) is 2.77. The first-order chi connectivity index (χ1) is 8.92. The van der Waals surface area contributed by atoms with Gasteiger partial charge >= 0.3 is 0 Å². The van der Waals surface area contributed by atoms with Gasteiger partial charge in [-0.05, 0) is 26.7 Å². The zero-order valence-corrected chi connectivity index (χ0v) is 11.5. The Hall–Kier alpha value is -0.970. The molecule has 0 aromatic carbocycles. The lowest BCUT2D eigenvalue weighted by Gasteiger charge is -2.53. The molecule has 2 aliphatic rings. The van der Waals surface area contributed by atoms with E-state index in [-0.39, 0.29) is 24.3 Å². The predicted molar refractivity (Wildman–Crippen MR) is 69.2 cm³/mol. The summed E-state index contributed by atoms with van der Waals surface area (Å²) in [6.07, 6.45) is 5.23. The minimum absolute atomic E-state index is 0.0312. The van der Waals surface area contributed by atoms with Crippen molar-refractivity contribution >= 4 is 0 Å². The fourth-order valence-corrected chi connectivity index (χ4v) is 3.33. The lowest BCUT2D eigenvalue weighted by Crippen LogP contribution is -2.58. The quantitative estimate of drug-likeness (QED) is 0.892. The number of halogens is 2. The predicted octanol–water partition coefficient (Wildman–Crippen LogP) is 3.30. The number of hydrogen-bond acceptors (Lipinski definition) is 2. The highest BCUT2D eigenvalue weighted by Gasteiger charge is 2.52. The Balaban J connectivity index is 1.75. The maximum Gasteiger partial charge on any atom is 0.248 e. The molecule has 1 aliphatic heterocycles. The first-order valence-electron chi connectivity index (χ1n) is 7.07. The van der Waals surface area contributed by atoms with Crippen LogP contribution in [0.2, 0.25) is 0 Å². The van der Waals surface area contributed by atoms with Crippen molar-refractivity contribution in [3.05, 3.63) is 18.0 Å². The van der Waals surface area contributed by atoms with Crippen molar-refractivity contribution in [1.29, 1.82) is 0 Å². The van der Waals surface area contributed by atoms with Gasteiger partial charge in [0.25, 0.3) is 0 Å². The van der Waals surface area contributed by atoms with Gasteiger partial charge in [-0.3, -0.25) is 4.68 Å². The van der Waals surface area contributed by atoms with Crippen LogP contribution in [0, 0.1) is 5.41 Å². The standard InChI is InChI=1S/C14H21F2N3/c1-10(2)19-8-11(7-18-19)12-13(9-17-12)3-5-14(15,16)6-4-13/h7-8,10,12,17H,3-6,9H2,1-2H3/t12-/m1/s1. The van der Waals surface area contributed by atoms with Gasteiger partial charge in [0.2, 0.25) is 5.92 Å². The highest BCUT2D eigenvalue weighted by molar-refractivity contribution is 5.21. The summed E-state index contributed by atoms with van der Waals surface area (Å²) in [6.45, 7) is 5.03. The van der Waals surface area contributed by atoms with Gasteiger partial charge in [0.15, 0.2) is 0 Å². The van der Waals surface area contributed by atoms with Gasteiger partial charge in [0, 0.05) is 48.6 Å². The van der Waals surface area contributed by atoms with Crippen molar-refractivity contribution in [3.8, 4) is 0 Å². The molecule has 1 saturated carbocycles. The van der Waals surface area contributed by atoms with Crippen LogP contribution in [0.15, 0.2) is 12.4 Å². The van der Waals surface area contributed by atoms with Crippen LogP contribution in [-0.4, -0.2) is 22.2 Å². The average molecular weight is 269 g/mol. The number of hydrogen-bond donors (Lipinski definition) is 1. The minimum atomic E-state index is -2.45. The van der Waals surface area contributed by atoms with Gasteiger partial charge in [-0.2, -0.15) is 5.10 Å². The van der Waals surface area contributed by atoms with E-state index in [9.17, 15) is 8.78 Å². The summed E-state index contributed by atoms with van der Waals surface area (Å²) in [5, 5.41) is 7.76. The molecule has 1 atom stereocenters. The van der Waals surface area contributed by atoms with E-state index in [4.69, 9.17) is 0 Å². The molecule has 1 N–H and O–H groups in total. The molecule has 19 heavy (non-hydrogen) atoms. The van der Waals surface area contributed by atoms with Crippen LogP contribution in [0.25, 0.3) is 0 Å². The van der Waals surface area contributed by atoms with Crippen molar-refractivity contribution in [3.63, 3.8) is 0 Å². The molecule has 0 unspecified atom stereocenters. The fourth-order valence-electron chi connectivity index (χ4n) is 3.33. The molecule has 106 valence electrons. The molecule has 1 aromatic heterocycles. The zero-order chi connectivity index (χ0) is 13.7. The third-order valence-electron chi connectivity index (χ3n) is 4.73. The van der Waals surface area contributed by atoms with Crippen molar-refractivity contribution in [2.24, 2.45) is 5.41 Å². The molecule has 3 nitrogen and oxygen atoms in total. The van der Waals surface area contributed by atoms with E-state index in [1.165, 1.54) is 0 Å². The fraction of sp³-hybridized carbons (Fsp3) is 0.786. The summed E-state index contributed by atoms with van der Waals surface area (Å²) in [5.74, 6) is -2.45. The summed E-state index contributed by atoms with van der Waals surface area (Å²) in [6, 6.07) is 0.538. The van der Waals surface area contributed by atoms with E-state index < -0.39 is 5.92 Å². The van der Waals surface area contributed by atoms with Crippen LogP contribution in [0.1, 0.15) is 57.2 Å². The highest BCUT2D eigenvalue weighted by Crippen LogP contribution is 2.54. The molecule has 2 heterocycles. The molecule has 0 radical (unpaired) electrons. The summed E-state index contributed by atoms with van der Waals surface area (Å²) in [5.41, 5.74) is 1.18. The van der Waals surface area contributed by atoms with Crippen LogP contribution in [-0.2, 0) is 0 Å². The third-order valence-corrected chi connectivity index (χ3v) is 4.73. The summed E-state index contributed by atoms with van der Waals surface area (Å²) in [7, 11) is 0. The van der Waals surface area contributed by atoms with Gasteiger partial charge in [-0.15, -0.1) is 0 Å². The molecular weight excluding hydrogens is 248 g/mol. The Morgan fingerprint density at radius 2 is 2.00 bits per heavy atom. The summed E-state index contributed by atoms with van der Waals surface area (Å²) < 4.78 is 28.6. The number of aromatic nitrogens is 2.